The maximum Gasteiger partial charge on any atom is 0.122 e. The number of fused-ring (bicyclic) bond motifs is 1. The summed E-state index contributed by atoms with van der Waals surface area (Å²) in [7, 11) is 1.75. The largest absolute Gasteiger partial charge is 0.496 e. The van der Waals surface area contributed by atoms with E-state index in [0.717, 1.165) is 18.6 Å². The second kappa shape index (κ2) is 5.68. The molecule has 2 aromatic carbocycles. The van der Waals surface area contributed by atoms with Crippen LogP contribution in [0, 0.1) is 0 Å². The minimum absolute atomic E-state index is 0.430. The summed E-state index contributed by atoms with van der Waals surface area (Å²) in [5.41, 5.74) is 10.1. The van der Waals surface area contributed by atoms with Crippen LogP contribution in [0.4, 0.5) is 0 Å². The van der Waals surface area contributed by atoms with Crippen LogP contribution in [0.3, 0.4) is 0 Å². The topological polar surface area (TPSA) is 35.2 Å². The molecule has 0 bridgehead atoms. The Morgan fingerprint density at radius 3 is 2.60 bits per heavy atom. The van der Waals surface area contributed by atoms with E-state index < -0.39 is 0 Å². The van der Waals surface area contributed by atoms with Gasteiger partial charge in [-0.2, -0.15) is 0 Å². The molecule has 0 aliphatic heterocycles. The molecule has 0 amide bonds. The molecule has 20 heavy (non-hydrogen) atoms. The van der Waals surface area contributed by atoms with Crippen molar-refractivity contribution < 1.29 is 4.74 Å². The summed E-state index contributed by atoms with van der Waals surface area (Å²) in [5, 5.41) is 0. The minimum Gasteiger partial charge on any atom is -0.496 e. The number of rotatable bonds is 3. The van der Waals surface area contributed by atoms with Crippen molar-refractivity contribution in [3.63, 3.8) is 0 Å². The van der Waals surface area contributed by atoms with Crippen LogP contribution in [0.5, 0.6) is 5.75 Å². The van der Waals surface area contributed by atoms with Gasteiger partial charge in [0.15, 0.2) is 0 Å². The lowest BCUT2D eigenvalue weighted by Gasteiger charge is -2.32. The van der Waals surface area contributed by atoms with Crippen LogP contribution < -0.4 is 10.5 Å². The maximum absolute atomic E-state index is 6.01. The first kappa shape index (κ1) is 13.2. The van der Waals surface area contributed by atoms with Gasteiger partial charge >= 0.3 is 0 Å². The fourth-order valence-electron chi connectivity index (χ4n) is 3.38. The first-order valence-corrected chi connectivity index (χ1v) is 7.24. The zero-order chi connectivity index (χ0) is 13.9. The van der Waals surface area contributed by atoms with Crippen molar-refractivity contribution in [3.8, 4) is 5.75 Å². The summed E-state index contributed by atoms with van der Waals surface area (Å²) < 4.78 is 5.55. The van der Waals surface area contributed by atoms with Gasteiger partial charge in [-0.15, -0.1) is 0 Å². The zero-order valence-electron chi connectivity index (χ0n) is 11.9. The predicted octanol–water partition coefficient (Wildman–Crippen LogP) is 3.47. The van der Waals surface area contributed by atoms with Gasteiger partial charge in [-0.25, -0.2) is 0 Å². The monoisotopic (exact) mass is 267 g/mol. The van der Waals surface area contributed by atoms with E-state index in [2.05, 4.69) is 48.5 Å². The number of benzene rings is 2. The van der Waals surface area contributed by atoms with E-state index >= 15 is 0 Å². The third-order valence-corrected chi connectivity index (χ3v) is 4.40. The summed E-state index contributed by atoms with van der Waals surface area (Å²) in [4.78, 5) is 0. The fraction of sp³-hybridized carbons (Fsp3) is 0.333. The smallest absolute Gasteiger partial charge is 0.122 e. The molecule has 0 radical (unpaired) electrons. The van der Waals surface area contributed by atoms with Gasteiger partial charge < -0.3 is 10.5 Å². The molecule has 2 aromatic rings. The van der Waals surface area contributed by atoms with Crippen LogP contribution in [0.1, 0.15) is 34.9 Å². The highest BCUT2D eigenvalue weighted by atomic mass is 16.5. The third-order valence-electron chi connectivity index (χ3n) is 4.40. The molecular formula is C18H21NO. The molecule has 0 saturated heterocycles. The Labute approximate surface area is 120 Å². The SMILES string of the molecule is COc1cccc2c1C[C@@H](c1ccccc1)C[C@H]2CN. The van der Waals surface area contributed by atoms with Gasteiger partial charge in [0.05, 0.1) is 7.11 Å². The van der Waals surface area contributed by atoms with Gasteiger partial charge in [0, 0.05) is 0 Å². The van der Waals surface area contributed by atoms with E-state index in [1.165, 1.54) is 16.7 Å². The molecule has 0 heterocycles. The molecular weight excluding hydrogens is 246 g/mol. The Morgan fingerprint density at radius 1 is 1.10 bits per heavy atom. The average molecular weight is 267 g/mol. The Hall–Kier alpha value is -1.80. The standard InChI is InChI=1S/C18H21NO/c1-20-18-9-5-8-16-15(12-19)10-14(11-17(16)18)13-6-3-2-4-7-13/h2-9,14-15H,10-12,19H2,1H3/t14-,15-/m0/s1. The molecule has 1 aliphatic carbocycles. The highest BCUT2D eigenvalue weighted by Crippen LogP contribution is 2.42. The van der Waals surface area contributed by atoms with Gasteiger partial charge in [0.2, 0.25) is 0 Å². The van der Waals surface area contributed by atoms with Crippen molar-refractivity contribution in [2.45, 2.75) is 24.7 Å². The Morgan fingerprint density at radius 2 is 1.90 bits per heavy atom. The minimum atomic E-state index is 0.430. The van der Waals surface area contributed by atoms with Crippen molar-refractivity contribution in [1.29, 1.82) is 0 Å². The molecule has 2 N–H and O–H groups in total. The molecule has 1 aliphatic rings. The number of nitrogens with two attached hydrogens (primary N) is 1. The van der Waals surface area contributed by atoms with E-state index in [-0.39, 0.29) is 0 Å². The molecule has 104 valence electrons. The van der Waals surface area contributed by atoms with Crippen molar-refractivity contribution in [2.24, 2.45) is 5.73 Å². The molecule has 0 spiro atoms. The van der Waals surface area contributed by atoms with Crippen molar-refractivity contribution in [2.75, 3.05) is 13.7 Å². The highest BCUT2D eigenvalue weighted by molar-refractivity contribution is 5.46. The summed E-state index contributed by atoms with van der Waals surface area (Å²) in [5.74, 6) is 1.97. The lowest BCUT2D eigenvalue weighted by molar-refractivity contribution is 0.397. The zero-order valence-corrected chi connectivity index (χ0v) is 11.9. The predicted molar refractivity (Wildman–Crippen MR) is 82.3 cm³/mol. The second-order valence-corrected chi connectivity index (χ2v) is 5.51. The summed E-state index contributed by atoms with van der Waals surface area (Å²) in [6, 6.07) is 17.1. The normalized spacial score (nSPS) is 21.3. The molecule has 2 atom stereocenters. The number of hydrogen-bond donors (Lipinski definition) is 1. The van der Waals surface area contributed by atoms with Gasteiger partial charge in [-0.05, 0) is 54.0 Å². The van der Waals surface area contributed by atoms with Crippen LogP contribution in [-0.2, 0) is 6.42 Å². The maximum atomic E-state index is 6.01. The lowest BCUT2D eigenvalue weighted by atomic mass is 9.74. The molecule has 0 aromatic heterocycles. The number of ether oxygens (including phenoxy) is 1. The van der Waals surface area contributed by atoms with Crippen molar-refractivity contribution >= 4 is 0 Å². The Bertz CT molecular complexity index is 579. The quantitative estimate of drug-likeness (QED) is 0.924. The third kappa shape index (κ3) is 2.32. The summed E-state index contributed by atoms with van der Waals surface area (Å²) in [6.45, 7) is 0.698. The van der Waals surface area contributed by atoms with Crippen LogP contribution in [0.15, 0.2) is 48.5 Å². The molecule has 2 nitrogen and oxygen atoms in total. The number of hydrogen-bond acceptors (Lipinski definition) is 2. The van der Waals surface area contributed by atoms with Crippen molar-refractivity contribution in [1.82, 2.24) is 0 Å². The average Bonchev–Trinajstić information content (AvgIpc) is 2.54. The van der Waals surface area contributed by atoms with Gasteiger partial charge in [-0.1, -0.05) is 42.5 Å². The molecule has 0 saturated carbocycles. The molecule has 3 rings (SSSR count). The van der Waals surface area contributed by atoms with Crippen LogP contribution >= 0.6 is 0 Å². The lowest BCUT2D eigenvalue weighted by Crippen LogP contribution is -2.23. The Kier molecular flexibility index (Phi) is 3.75. The summed E-state index contributed by atoms with van der Waals surface area (Å²) in [6.07, 6.45) is 2.17. The molecule has 0 unspecified atom stereocenters. The van der Waals surface area contributed by atoms with Gasteiger partial charge in [0.1, 0.15) is 5.75 Å². The van der Waals surface area contributed by atoms with Crippen LogP contribution in [-0.4, -0.2) is 13.7 Å². The van der Waals surface area contributed by atoms with E-state index in [0.29, 0.717) is 18.4 Å². The molecule has 2 heteroatoms. The van der Waals surface area contributed by atoms with Crippen LogP contribution in [0.25, 0.3) is 0 Å². The second-order valence-electron chi connectivity index (χ2n) is 5.51. The van der Waals surface area contributed by atoms with E-state index in [4.69, 9.17) is 10.5 Å². The Balaban J connectivity index is 2.01. The highest BCUT2D eigenvalue weighted by Gasteiger charge is 2.28. The first-order valence-electron chi connectivity index (χ1n) is 7.24. The van der Waals surface area contributed by atoms with E-state index in [1.54, 1.807) is 7.11 Å². The number of methoxy groups -OCH3 is 1. The van der Waals surface area contributed by atoms with Crippen molar-refractivity contribution in [3.05, 3.63) is 65.2 Å². The summed E-state index contributed by atoms with van der Waals surface area (Å²) >= 11 is 0. The van der Waals surface area contributed by atoms with E-state index in [1.807, 2.05) is 0 Å². The van der Waals surface area contributed by atoms with Gasteiger partial charge in [-0.3, -0.25) is 0 Å². The first-order chi connectivity index (χ1) is 9.83. The molecule has 0 fully saturated rings. The van der Waals surface area contributed by atoms with Crippen LogP contribution in [0.2, 0.25) is 0 Å². The van der Waals surface area contributed by atoms with Gasteiger partial charge in [0.25, 0.3) is 0 Å². The fourth-order valence-corrected chi connectivity index (χ4v) is 3.38. The van der Waals surface area contributed by atoms with E-state index in [9.17, 15) is 0 Å².